The third kappa shape index (κ3) is 164. The molecule has 0 aromatic heterocycles. The molecule has 0 radical (unpaired) electrons. The predicted octanol–water partition coefficient (Wildman–Crippen LogP) is -4.47. The Labute approximate surface area is 58.9 Å². The molecule has 0 rings (SSSR count). The highest BCUT2D eigenvalue weighted by molar-refractivity contribution is 5.84. The maximum atomic E-state index is 9.47. The van der Waals surface area contributed by atoms with E-state index in [9.17, 15) is 4.79 Å². The van der Waals surface area contributed by atoms with Gasteiger partial charge in [0, 0.05) is 0 Å². The van der Waals surface area contributed by atoms with E-state index in [4.69, 9.17) is 18.6 Å². The van der Waals surface area contributed by atoms with E-state index in [1.165, 1.54) is 0 Å². The summed E-state index contributed by atoms with van der Waals surface area (Å²) in [4.78, 5) is 9.47. The van der Waals surface area contributed by atoms with Crippen molar-refractivity contribution in [2.75, 3.05) is 0 Å². The quantitative estimate of drug-likeness (QED) is 0.384. The maximum Gasteiger partial charge on any atom is 0.240 e. The number of nitrogens with two attached hydrogens (primary N) is 1. The summed E-state index contributed by atoms with van der Waals surface area (Å²) in [6.45, 7) is 3.09. The van der Waals surface area contributed by atoms with Gasteiger partial charge in [-0.05, 0) is 6.08 Å². The van der Waals surface area contributed by atoms with Gasteiger partial charge in [0.05, 0.1) is 14.9 Å². The van der Waals surface area contributed by atoms with Crippen LogP contribution in [0.5, 0.6) is 0 Å². The van der Waals surface area contributed by atoms with Crippen LogP contribution in [0.15, 0.2) is 12.7 Å². The molecule has 0 aromatic rings. The Morgan fingerprint density at radius 3 is 1.70 bits per heavy atom. The van der Waals surface area contributed by atoms with Gasteiger partial charge in [0.2, 0.25) is 5.91 Å². The first-order chi connectivity index (χ1) is 4.27. The number of carbonyl (C=O) groups is 1. The molecule has 0 saturated heterocycles. The van der Waals surface area contributed by atoms with Crippen LogP contribution >= 0.6 is 0 Å². The zero-order valence-corrected chi connectivity index (χ0v) is 5.58. The molecular formula is C3H6ClNO5. The molecular weight excluding hydrogens is 165 g/mol. The monoisotopic (exact) mass is 171 g/mol. The highest BCUT2D eigenvalue weighted by atomic mass is 35.7. The molecule has 1 amide bonds. The van der Waals surface area contributed by atoms with Crippen molar-refractivity contribution in [3.05, 3.63) is 12.7 Å². The van der Waals surface area contributed by atoms with Gasteiger partial charge in [-0.1, -0.05) is 6.58 Å². The molecule has 0 aliphatic rings. The first-order valence-electron chi connectivity index (χ1n) is 1.82. The molecule has 0 heterocycles. The summed E-state index contributed by atoms with van der Waals surface area (Å²) >= 11 is 0. The average Bonchev–Trinajstić information content (AvgIpc) is 1.61. The Kier molecular flexibility index (Phi) is 6.21. The topological polar surface area (TPSA) is 132 Å². The van der Waals surface area contributed by atoms with Gasteiger partial charge in [0.1, 0.15) is 0 Å². The van der Waals surface area contributed by atoms with Crippen molar-refractivity contribution in [1.29, 1.82) is 0 Å². The summed E-state index contributed by atoms with van der Waals surface area (Å²) in [7, 11) is -4.69. The lowest BCUT2D eigenvalue weighted by Gasteiger charge is -2.03. The van der Waals surface area contributed by atoms with Crippen LogP contribution in [0, 0.1) is 10.2 Å². The van der Waals surface area contributed by atoms with E-state index in [1.54, 1.807) is 0 Å². The summed E-state index contributed by atoms with van der Waals surface area (Å²) in [5, 5.41) is 0. The summed E-state index contributed by atoms with van der Waals surface area (Å²) in [6.07, 6.45) is 1.06. The fourth-order valence-corrected chi connectivity index (χ4v) is 0. The lowest BCUT2D eigenvalue weighted by atomic mass is 10.6. The van der Waals surface area contributed by atoms with Crippen LogP contribution in [0.2, 0.25) is 0 Å². The van der Waals surface area contributed by atoms with Crippen LogP contribution in [0.4, 0.5) is 0 Å². The summed E-state index contributed by atoms with van der Waals surface area (Å²) in [5.74, 6) is -0.481. The number of primary amides is 1. The van der Waals surface area contributed by atoms with E-state index >= 15 is 0 Å². The zero-order valence-electron chi connectivity index (χ0n) is 4.82. The molecule has 0 aliphatic carbocycles. The van der Waals surface area contributed by atoms with Crippen LogP contribution in [0.3, 0.4) is 0 Å². The molecule has 6 nitrogen and oxygen atoms in total. The molecule has 60 valence electrons. The number of amides is 1. The largest absolute Gasteiger partial charge is 0.366 e. The van der Waals surface area contributed by atoms with Crippen molar-refractivity contribution >= 4 is 5.91 Å². The Morgan fingerprint density at radius 2 is 1.70 bits per heavy atom. The Hall–Kier alpha value is -0.660. The number of hydrogen-bond donors (Lipinski definition) is 2. The normalized spacial score (nSPS) is 9.20. The van der Waals surface area contributed by atoms with Crippen LogP contribution < -0.4 is 19.7 Å². The second-order valence-electron chi connectivity index (χ2n) is 1.00. The van der Waals surface area contributed by atoms with Crippen molar-refractivity contribution in [1.82, 2.24) is 0 Å². The molecule has 0 atom stereocenters. The second kappa shape index (κ2) is 5.15. The van der Waals surface area contributed by atoms with Gasteiger partial charge < -0.3 is 5.73 Å². The fraction of sp³-hybridized carbons (Fsp3) is 0. The van der Waals surface area contributed by atoms with E-state index in [1.807, 2.05) is 0 Å². The van der Waals surface area contributed by atoms with E-state index in [0.717, 1.165) is 6.08 Å². The van der Waals surface area contributed by atoms with Crippen molar-refractivity contribution < 1.29 is 33.7 Å². The summed E-state index contributed by atoms with van der Waals surface area (Å²) in [5.41, 5.74) is 4.53. The number of rotatable bonds is 1. The molecule has 0 bridgehead atoms. The maximum absolute atomic E-state index is 9.47. The highest BCUT2D eigenvalue weighted by Crippen LogP contribution is 1.60. The molecule has 0 saturated carbocycles. The van der Waals surface area contributed by atoms with E-state index in [0.29, 0.717) is 0 Å². The van der Waals surface area contributed by atoms with Gasteiger partial charge in [-0.3, -0.25) is 4.79 Å². The zero-order chi connectivity index (χ0) is 8.78. The molecule has 0 aliphatic heterocycles. The molecule has 0 fully saturated rings. The standard InChI is InChI=1S/C3H5NO.ClHO4/c1-2-3(4)5;2-1(3,4)5/h2H,1H2,(H2,4,5);(H,2,3,4,5). The van der Waals surface area contributed by atoms with Crippen LogP contribution in [0.25, 0.3) is 0 Å². The molecule has 10 heavy (non-hydrogen) atoms. The van der Waals surface area contributed by atoms with E-state index < -0.39 is 16.2 Å². The SMILES string of the molecule is C=CC(N)=O.[O-][Cl+3]([O-])([O-])O. The van der Waals surface area contributed by atoms with Crippen LogP contribution in [0.1, 0.15) is 0 Å². The molecule has 0 aromatic carbocycles. The van der Waals surface area contributed by atoms with Crippen LogP contribution in [-0.4, -0.2) is 10.6 Å². The molecule has 7 heteroatoms. The third-order valence-corrected chi connectivity index (χ3v) is 0.201. The molecule has 3 N–H and O–H groups in total. The van der Waals surface area contributed by atoms with Gasteiger partial charge in [0.25, 0.3) is 0 Å². The lowest BCUT2D eigenvalue weighted by molar-refractivity contribution is -1.92. The van der Waals surface area contributed by atoms with Gasteiger partial charge >= 0.3 is 0 Å². The molecule has 0 unspecified atom stereocenters. The Morgan fingerprint density at radius 1 is 1.60 bits per heavy atom. The van der Waals surface area contributed by atoms with Crippen molar-refractivity contribution in [3.63, 3.8) is 0 Å². The van der Waals surface area contributed by atoms with Gasteiger partial charge in [-0.25, -0.2) is 0 Å². The number of hydrogen-bond acceptors (Lipinski definition) is 5. The number of carbonyl (C=O) groups excluding carboxylic acids is 1. The number of halogens is 1. The predicted molar refractivity (Wildman–Crippen MR) is 21.6 cm³/mol. The van der Waals surface area contributed by atoms with E-state index in [-0.39, 0.29) is 0 Å². The fourth-order valence-electron chi connectivity index (χ4n) is 0. The van der Waals surface area contributed by atoms with Gasteiger partial charge in [0.15, 0.2) is 0 Å². The van der Waals surface area contributed by atoms with Crippen molar-refractivity contribution in [2.45, 2.75) is 0 Å². The van der Waals surface area contributed by atoms with Crippen molar-refractivity contribution in [2.24, 2.45) is 5.73 Å². The van der Waals surface area contributed by atoms with Crippen molar-refractivity contribution in [3.8, 4) is 0 Å². The first-order valence-corrected chi connectivity index (χ1v) is 3.09. The summed E-state index contributed by atoms with van der Waals surface area (Å²) in [6, 6.07) is 0. The van der Waals surface area contributed by atoms with E-state index in [2.05, 4.69) is 12.3 Å². The van der Waals surface area contributed by atoms with Gasteiger partial charge in [-0.15, -0.1) is 0 Å². The Balaban J connectivity index is 0. The van der Waals surface area contributed by atoms with Gasteiger partial charge in [-0.2, -0.15) is 14.0 Å². The Bertz CT molecular complexity index is 113. The van der Waals surface area contributed by atoms with Crippen LogP contribution in [-0.2, 0) is 4.79 Å². The smallest absolute Gasteiger partial charge is 0.240 e. The molecule has 0 spiro atoms. The minimum atomic E-state index is -4.69. The second-order valence-corrected chi connectivity index (χ2v) is 1.79. The lowest BCUT2D eigenvalue weighted by Crippen LogP contribution is -2.58. The highest BCUT2D eigenvalue weighted by Gasteiger charge is 1.98. The average molecular weight is 172 g/mol. The minimum absolute atomic E-state index is 0.481. The summed E-state index contributed by atoms with van der Waals surface area (Å²) < 4.78 is 32.7. The first kappa shape index (κ1) is 12.1. The minimum Gasteiger partial charge on any atom is -0.366 e. The third-order valence-electron chi connectivity index (χ3n) is 0.201.